The molecule has 182 valence electrons. The lowest BCUT2D eigenvalue weighted by Crippen LogP contribution is -2.45. The molecule has 9 nitrogen and oxygen atoms in total. The van der Waals surface area contributed by atoms with E-state index in [1.165, 1.54) is 0 Å². The number of anilines is 1. The highest BCUT2D eigenvalue weighted by Gasteiger charge is 2.31. The summed E-state index contributed by atoms with van der Waals surface area (Å²) in [5.41, 5.74) is 2.61. The van der Waals surface area contributed by atoms with Crippen molar-refractivity contribution in [3.05, 3.63) is 69.7 Å². The molecule has 0 radical (unpaired) electrons. The molecule has 1 aromatic heterocycles. The number of carbonyl (C=O) groups excluding carboxylic acids is 3. The number of rotatable bonds is 7. The van der Waals surface area contributed by atoms with Gasteiger partial charge in [0.2, 0.25) is 15.9 Å². The maximum atomic E-state index is 13.0. The van der Waals surface area contributed by atoms with Crippen molar-refractivity contribution < 1.29 is 19.1 Å². The van der Waals surface area contributed by atoms with Gasteiger partial charge in [-0.15, -0.1) is 10.2 Å². The van der Waals surface area contributed by atoms with E-state index in [2.05, 4.69) is 20.8 Å². The summed E-state index contributed by atoms with van der Waals surface area (Å²) < 4.78 is 5.33. The van der Waals surface area contributed by atoms with Gasteiger partial charge in [-0.05, 0) is 38.0 Å². The predicted molar refractivity (Wildman–Crippen MR) is 133 cm³/mol. The number of likely N-dealkylation sites (tertiary alicyclic amines) is 1. The SMILES string of the molecule is COc1ccccc1CNC(=O)[C@H]1CCCN(C(=O)c2nnc(C(=O)Nc3ccc(C)cc3)s2)C1. The van der Waals surface area contributed by atoms with Crippen molar-refractivity contribution in [2.24, 2.45) is 5.92 Å². The lowest BCUT2D eigenvalue weighted by atomic mass is 9.97. The molecule has 3 amide bonds. The van der Waals surface area contributed by atoms with E-state index in [0.717, 1.165) is 22.5 Å². The fourth-order valence-corrected chi connectivity index (χ4v) is 4.62. The van der Waals surface area contributed by atoms with Gasteiger partial charge in [0, 0.05) is 30.9 Å². The van der Waals surface area contributed by atoms with E-state index in [1.54, 1.807) is 24.1 Å². The normalized spacial score (nSPS) is 15.4. The highest BCUT2D eigenvalue weighted by molar-refractivity contribution is 7.15. The molecular formula is C25H27N5O4S. The molecule has 3 aromatic rings. The third-order valence-corrected chi connectivity index (χ3v) is 6.75. The summed E-state index contributed by atoms with van der Waals surface area (Å²) in [5, 5.41) is 13.8. The molecule has 4 rings (SSSR count). The number of benzene rings is 2. The van der Waals surface area contributed by atoms with Crippen molar-refractivity contribution in [3.8, 4) is 5.75 Å². The van der Waals surface area contributed by atoms with E-state index in [4.69, 9.17) is 4.74 Å². The second-order valence-electron chi connectivity index (χ2n) is 8.35. The van der Waals surface area contributed by atoms with Crippen molar-refractivity contribution in [1.82, 2.24) is 20.4 Å². The maximum Gasteiger partial charge on any atom is 0.286 e. The topological polar surface area (TPSA) is 114 Å². The van der Waals surface area contributed by atoms with Gasteiger partial charge in [0.15, 0.2) is 0 Å². The largest absolute Gasteiger partial charge is 0.496 e. The molecule has 10 heteroatoms. The summed E-state index contributed by atoms with van der Waals surface area (Å²) in [5.74, 6) is -0.452. The van der Waals surface area contributed by atoms with Gasteiger partial charge in [0.25, 0.3) is 11.8 Å². The summed E-state index contributed by atoms with van der Waals surface area (Å²) in [6.45, 7) is 3.13. The van der Waals surface area contributed by atoms with Gasteiger partial charge in [0.1, 0.15) is 5.75 Å². The summed E-state index contributed by atoms with van der Waals surface area (Å²) in [7, 11) is 1.59. The third-order valence-electron chi connectivity index (χ3n) is 5.84. The van der Waals surface area contributed by atoms with Crippen LogP contribution in [-0.2, 0) is 11.3 Å². The van der Waals surface area contributed by atoms with E-state index >= 15 is 0 Å². The second kappa shape index (κ2) is 11.1. The first-order valence-corrected chi connectivity index (χ1v) is 12.2. The summed E-state index contributed by atoms with van der Waals surface area (Å²) >= 11 is 0.946. The van der Waals surface area contributed by atoms with Crippen molar-refractivity contribution >= 4 is 34.7 Å². The Balaban J connectivity index is 1.34. The van der Waals surface area contributed by atoms with E-state index < -0.39 is 5.91 Å². The molecule has 0 spiro atoms. The number of piperidine rings is 1. The Morgan fingerprint density at radius 2 is 1.83 bits per heavy atom. The first kappa shape index (κ1) is 24.3. The minimum atomic E-state index is -0.419. The van der Waals surface area contributed by atoms with E-state index in [-0.39, 0.29) is 27.7 Å². The molecule has 2 heterocycles. The van der Waals surface area contributed by atoms with Crippen LogP contribution in [0.4, 0.5) is 5.69 Å². The number of aromatic nitrogens is 2. The number of ether oxygens (including phenoxy) is 1. The van der Waals surface area contributed by atoms with Crippen LogP contribution >= 0.6 is 11.3 Å². The number of nitrogens with one attached hydrogen (secondary N) is 2. The lowest BCUT2D eigenvalue weighted by Gasteiger charge is -2.31. The highest BCUT2D eigenvalue weighted by atomic mass is 32.1. The van der Waals surface area contributed by atoms with Crippen LogP contribution in [0, 0.1) is 12.8 Å². The minimum Gasteiger partial charge on any atom is -0.496 e. The van der Waals surface area contributed by atoms with Gasteiger partial charge in [0.05, 0.1) is 13.0 Å². The average molecular weight is 494 g/mol. The predicted octanol–water partition coefficient (Wildman–Crippen LogP) is 3.28. The van der Waals surface area contributed by atoms with Crippen LogP contribution in [0.5, 0.6) is 5.75 Å². The van der Waals surface area contributed by atoms with Crippen LogP contribution < -0.4 is 15.4 Å². The van der Waals surface area contributed by atoms with Crippen molar-refractivity contribution in [2.45, 2.75) is 26.3 Å². The van der Waals surface area contributed by atoms with E-state index in [0.29, 0.717) is 43.9 Å². The maximum absolute atomic E-state index is 13.0. The van der Waals surface area contributed by atoms with Gasteiger partial charge >= 0.3 is 0 Å². The second-order valence-corrected chi connectivity index (χ2v) is 9.33. The Labute approximate surface area is 207 Å². The number of carbonyl (C=O) groups is 3. The average Bonchev–Trinajstić information content (AvgIpc) is 3.39. The molecule has 1 atom stereocenters. The molecule has 0 aliphatic carbocycles. The minimum absolute atomic E-state index is 0.108. The van der Waals surface area contributed by atoms with Crippen molar-refractivity contribution in [3.63, 3.8) is 0 Å². The molecule has 0 saturated carbocycles. The van der Waals surface area contributed by atoms with Gasteiger partial charge in [-0.25, -0.2) is 0 Å². The Morgan fingerprint density at radius 3 is 2.60 bits per heavy atom. The van der Waals surface area contributed by atoms with Gasteiger partial charge in [-0.3, -0.25) is 14.4 Å². The van der Waals surface area contributed by atoms with E-state index in [1.807, 2.05) is 43.3 Å². The lowest BCUT2D eigenvalue weighted by molar-refractivity contribution is -0.126. The van der Waals surface area contributed by atoms with Crippen LogP contribution in [0.15, 0.2) is 48.5 Å². The summed E-state index contributed by atoms with van der Waals surface area (Å²) in [4.78, 5) is 39.9. The Hall–Kier alpha value is -3.79. The van der Waals surface area contributed by atoms with Crippen LogP contribution in [0.2, 0.25) is 0 Å². The van der Waals surface area contributed by atoms with Gasteiger partial charge < -0.3 is 20.3 Å². The number of aryl methyl sites for hydroxylation is 1. The zero-order chi connectivity index (χ0) is 24.8. The summed E-state index contributed by atoms with van der Waals surface area (Å²) in [6, 6.07) is 14.9. The number of hydrogen-bond acceptors (Lipinski definition) is 7. The van der Waals surface area contributed by atoms with Crippen LogP contribution in [0.1, 0.15) is 43.6 Å². The molecule has 1 aliphatic heterocycles. The zero-order valence-electron chi connectivity index (χ0n) is 19.6. The zero-order valence-corrected chi connectivity index (χ0v) is 20.4. The van der Waals surface area contributed by atoms with Crippen LogP contribution in [0.25, 0.3) is 0 Å². The quantitative estimate of drug-likeness (QED) is 0.522. The molecule has 1 saturated heterocycles. The van der Waals surface area contributed by atoms with Crippen molar-refractivity contribution in [1.29, 1.82) is 0 Å². The first-order valence-electron chi connectivity index (χ1n) is 11.3. The molecule has 1 aliphatic rings. The summed E-state index contributed by atoms with van der Waals surface area (Å²) in [6.07, 6.45) is 1.40. The van der Waals surface area contributed by atoms with Gasteiger partial charge in [-0.1, -0.05) is 47.2 Å². The highest BCUT2D eigenvalue weighted by Crippen LogP contribution is 2.22. The molecule has 2 N–H and O–H groups in total. The Morgan fingerprint density at radius 1 is 1.09 bits per heavy atom. The molecule has 0 unspecified atom stereocenters. The standard InChI is InChI=1S/C25H27N5O4S/c1-16-9-11-19(12-10-16)27-22(32)23-28-29-24(35-23)25(33)30-13-5-7-18(15-30)21(31)26-14-17-6-3-4-8-20(17)34-2/h3-4,6,8-12,18H,5,7,13-15H2,1-2H3,(H,26,31)(H,27,32)/t18-/m0/s1. The molecule has 35 heavy (non-hydrogen) atoms. The molecule has 1 fully saturated rings. The van der Waals surface area contributed by atoms with Crippen LogP contribution in [0.3, 0.4) is 0 Å². The number of nitrogens with zero attached hydrogens (tertiary/aromatic N) is 3. The van der Waals surface area contributed by atoms with Gasteiger partial charge in [-0.2, -0.15) is 0 Å². The smallest absolute Gasteiger partial charge is 0.286 e. The monoisotopic (exact) mass is 493 g/mol. The Kier molecular flexibility index (Phi) is 7.71. The third kappa shape index (κ3) is 6.02. The number of para-hydroxylation sites is 1. The number of amides is 3. The number of hydrogen-bond donors (Lipinski definition) is 2. The number of methoxy groups -OCH3 is 1. The molecule has 2 aromatic carbocycles. The fraction of sp³-hybridized carbons (Fsp3) is 0.320. The van der Waals surface area contributed by atoms with Crippen molar-refractivity contribution in [2.75, 3.05) is 25.5 Å². The Bertz CT molecular complexity index is 1210. The van der Waals surface area contributed by atoms with Crippen LogP contribution in [-0.4, -0.2) is 53.0 Å². The van der Waals surface area contributed by atoms with E-state index in [9.17, 15) is 14.4 Å². The molecular weight excluding hydrogens is 466 g/mol. The first-order chi connectivity index (χ1) is 16.9. The fourth-order valence-electron chi connectivity index (χ4n) is 3.91. The molecule has 0 bridgehead atoms.